The zero-order valence-corrected chi connectivity index (χ0v) is 18.9. The molecule has 0 bridgehead atoms. The van der Waals surface area contributed by atoms with Gasteiger partial charge in [-0.1, -0.05) is 12.1 Å². The van der Waals surface area contributed by atoms with Crippen LogP contribution in [0.2, 0.25) is 0 Å². The van der Waals surface area contributed by atoms with Gasteiger partial charge in [0, 0.05) is 6.54 Å². The molecular formula is C23H21F7N4O3. The summed E-state index contributed by atoms with van der Waals surface area (Å²) >= 11 is 0. The summed E-state index contributed by atoms with van der Waals surface area (Å²) in [4.78, 5) is 15.6. The summed E-state index contributed by atoms with van der Waals surface area (Å²) in [6, 6.07) is -0.947. The maximum absolute atomic E-state index is 13.7. The molecular weight excluding hydrogens is 513 g/mol. The van der Waals surface area contributed by atoms with Gasteiger partial charge in [-0.2, -0.15) is 31.4 Å². The molecule has 3 atom stereocenters. The Morgan fingerprint density at radius 1 is 1.14 bits per heavy atom. The Morgan fingerprint density at radius 3 is 2.30 bits per heavy atom. The van der Waals surface area contributed by atoms with Crippen molar-refractivity contribution < 1.29 is 44.3 Å². The first-order valence-electron chi connectivity index (χ1n) is 12.3. The number of H-pyrrole nitrogens is 2. The zero-order chi connectivity index (χ0) is 29.6. The SMILES string of the molecule is [2H]c1c([C@@H](C)O[C@H]2OCCN(Cc3n[nH]c(=O)[nH]3)[C@H]2c2ccc(F)cc2)c([2H])c(C(F)(F)F)c([2H])c1C(F)(F)F. The molecule has 200 valence electrons. The van der Waals surface area contributed by atoms with Gasteiger partial charge in [-0.05, 0) is 48.3 Å². The van der Waals surface area contributed by atoms with Crippen LogP contribution in [0.15, 0.2) is 47.2 Å². The number of aromatic amines is 2. The van der Waals surface area contributed by atoms with Crippen molar-refractivity contribution in [2.24, 2.45) is 0 Å². The van der Waals surface area contributed by atoms with Gasteiger partial charge in [0.1, 0.15) is 11.6 Å². The van der Waals surface area contributed by atoms with E-state index in [1.807, 2.05) is 0 Å². The van der Waals surface area contributed by atoms with Gasteiger partial charge >= 0.3 is 18.0 Å². The molecule has 0 spiro atoms. The van der Waals surface area contributed by atoms with Crippen LogP contribution in [0.25, 0.3) is 0 Å². The second kappa shape index (κ2) is 10.3. The Labute approximate surface area is 209 Å². The molecule has 3 aromatic rings. The van der Waals surface area contributed by atoms with Crippen molar-refractivity contribution >= 4 is 0 Å². The third-order valence-corrected chi connectivity index (χ3v) is 5.51. The summed E-state index contributed by atoms with van der Waals surface area (Å²) in [7, 11) is 0. The molecule has 0 unspecified atom stereocenters. The molecule has 2 aromatic carbocycles. The molecule has 0 amide bonds. The van der Waals surface area contributed by atoms with Crippen LogP contribution in [0, 0.1) is 5.82 Å². The van der Waals surface area contributed by atoms with Gasteiger partial charge in [-0.15, -0.1) is 0 Å². The quantitative estimate of drug-likeness (QED) is 0.435. The molecule has 1 fully saturated rings. The van der Waals surface area contributed by atoms with E-state index < -0.39 is 77.1 Å². The minimum absolute atomic E-state index is 0.00421. The highest BCUT2D eigenvalue weighted by molar-refractivity contribution is 5.34. The Hall–Kier alpha value is -3.23. The number of nitrogens with one attached hydrogen (secondary N) is 2. The van der Waals surface area contributed by atoms with Crippen molar-refractivity contribution in [2.45, 2.75) is 44.3 Å². The smallest absolute Gasteiger partial charge is 0.349 e. The molecule has 2 N–H and O–H groups in total. The molecule has 1 aliphatic rings. The molecule has 37 heavy (non-hydrogen) atoms. The average molecular weight is 537 g/mol. The van der Waals surface area contributed by atoms with Crippen LogP contribution < -0.4 is 5.69 Å². The van der Waals surface area contributed by atoms with E-state index in [1.54, 1.807) is 4.90 Å². The van der Waals surface area contributed by atoms with Crippen LogP contribution in [0.3, 0.4) is 0 Å². The third-order valence-electron chi connectivity index (χ3n) is 5.51. The molecule has 0 saturated carbocycles. The van der Waals surface area contributed by atoms with Crippen LogP contribution in [-0.4, -0.2) is 39.5 Å². The number of aromatic nitrogens is 3. The number of nitrogens with zero attached hydrogens (tertiary/aromatic N) is 2. The first kappa shape index (κ1) is 22.9. The molecule has 1 aliphatic heterocycles. The Bertz CT molecular complexity index is 1390. The van der Waals surface area contributed by atoms with Gasteiger partial charge in [0.05, 0.1) is 40.5 Å². The summed E-state index contributed by atoms with van der Waals surface area (Å²) in [5.41, 5.74) is -5.53. The summed E-state index contributed by atoms with van der Waals surface area (Å²) in [6.07, 6.45) is -14.1. The average Bonchev–Trinajstić information content (AvgIpc) is 3.22. The number of hydrogen-bond acceptors (Lipinski definition) is 5. The molecule has 0 aliphatic carbocycles. The van der Waals surface area contributed by atoms with Gasteiger partial charge in [0.25, 0.3) is 0 Å². The number of morpholine rings is 1. The highest BCUT2D eigenvalue weighted by Gasteiger charge is 2.39. The molecule has 1 aromatic heterocycles. The molecule has 1 saturated heterocycles. The summed E-state index contributed by atoms with van der Waals surface area (Å²) in [5.74, 6) is -0.384. The largest absolute Gasteiger partial charge is 0.416 e. The lowest BCUT2D eigenvalue weighted by molar-refractivity contribution is -0.231. The van der Waals surface area contributed by atoms with Crippen LogP contribution in [0.5, 0.6) is 0 Å². The predicted octanol–water partition coefficient (Wildman–Crippen LogP) is 4.95. The highest BCUT2D eigenvalue weighted by Crippen LogP contribution is 2.39. The lowest BCUT2D eigenvalue weighted by Gasteiger charge is -2.41. The van der Waals surface area contributed by atoms with Crippen LogP contribution in [0.4, 0.5) is 30.7 Å². The topological polar surface area (TPSA) is 83.2 Å². The Balaban J connectivity index is 1.77. The van der Waals surface area contributed by atoms with Crippen LogP contribution in [0.1, 0.15) is 51.3 Å². The summed E-state index contributed by atoms with van der Waals surface area (Å²) in [6.45, 7) is 1.24. The second-order valence-electron chi connectivity index (χ2n) is 8.14. The van der Waals surface area contributed by atoms with E-state index >= 15 is 0 Å². The Morgan fingerprint density at radius 2 is 1.76 bits per heavy atom. The predicted molar refractivity (Wildman–Crippen MR) is 114 cm³/mol. The fourth-order valence-electron chi connectivity index (χ4n) is 3.82. The summed E-state index contributed by atoms with van der Waals surface area (Å²) in [5, 5.41) is 6.02. The lowest BCUT2D eigenvalue weighted by Crippen LogP contribution is -2.46. The van der Waals surface area contributed by atoms with Gasteiger partial charge in [0.15, 0.2) is 6.29 Å². The molecule has 14 heteroatoms. The zero-order valence-electron chi connectivity index (χ0n) is 21.9. The molecule has 4 rings (SSSR count). The fraction of sp³-hybridized carbons (Fsp3) is 0.391. The van der Waals surface area contributed by atoms with Crippen molar-refractivity contribution in [3.05, 3.63) is 86.8 Å². The highest BCUT2D eigenvalue weighted by atomic mass is 19.4. The van der Waals surface area contributed by atoms with Crippen molar-refractivity contribution in [1.82, 2.24) is 20.1 Å². The third kappa shape index (κ3) is 6.37. The monoisotopic (exact) mass is 537 g/mol. The van der Waals surface area contributed by atoms with E-state index in [9.17, 15) is 35.5 Å². The van der Waals surface area contributed by atoms with E-state index in [2.05, 4.69) is 15.2 Å². The van der Waals surface area contributed by atoms with Crippen molar-refractivity contribution in [3.8, 4) is 0 Å². The van der Waals surface area contributed by atoms with E-state index in [-0.39, 0.29) is 25.5 Å². The first-order chi connectivity index (χ1) is 18.6. The van der Waals surface area contributed by atoms with Crippen molar-refractivity contribution in [3.63, 3.8) is 0 Å². The Kier molecular flexibility index (Phi) is 6.36. The maximum Gasteiger partial charge on any atom is 0.416 e. The van der Waals surface area contributed by atoms with Gasteiger partial charge in [-0.3, -0.25) is 9.88 Å². The van der Waals surface area contributed by atoms with Gasteiger partial charge < -0.3 is 9.47 Å². The molecule has 7 nitrogen and oxygen atoms in total. The number of hydrogen-bond donors (Lipinski definition) is 2. The van der Waals surface area contributed by atoms with Crippen LogP contribution in [-0.2, 0) is 28.4 Å². The first-order valence-corrected chi connectivity index (χ1v) is 10.8. The van der Waals surface area contributed by atoms with Gasteiger partial charge in [0.2, 0.25) is 0 Å². The number of rotatable bonds is 6. The van der Waals surface area contributed by atoms with E-state index in [1.165, 1.54) is 12.1 Å². The minimum atomic E-state index is -5.49. The number of benzene rings is 2. The minimum Gasteiger partial charge on any atom is -0.349 e. The normalized spacial score (nSPS) is 21.4. The van der Waals surface area contributed by atoms with E-state index in [4.69, 9.17) is 13.6 Å². The van der Waals surface area contributed by atoms with E-state index in [0.717, 1.165) is 19.1 Å². The van der Waals surface area contributed by atoms with E-state index in [0.29, 0.717) is 5.56 Å². The number of ether oxygens (including phenoxy) is 2. The van der Waals surface area contributed by atoms with Crippen molar-refractivity contribution in [1.29, 1.82) is 0 Å². The maximum atomic E-state index is 13.7. The molecule has 2 heterocycles. The van der Waals surface area contributed by atoms with Crippen molar-refractivity contribution in [2.75, 3.05) is 13.2 Å². The van der Waals surface area contributed by atoms with Crippen LogP contribution >= 0.6 is 0 Å². The lowest BCUT2D eigenvalue weighted by atomic mass is 10.0. The second-order valence-corrected chi connectivity index (χ2v) is 8.14. The standard InChI is InChI=1S/C23H21F7N4O3/c1-12(14-8-15(22(25,26)27)10-16(9-14)23(28,29)30)37-20-19(13-2-4-17(24)5-3-13)34(6-7-36-20)11-18-31-21(35)33-32-18/h2-5,8-10,12,19-20H,6-7,11H2,1H3,(H2,31,32,33,35)/t12-,19+,20-/m1/s1/i8D,9D,10D. The molecule has 0 radical (unpaired) electrons. The van der Waals surface area contributed by atoms with Gasteiger partial charge in [-0.25, -0.2) is 14.3 Å². The fourth-order valence-corrected chi connectivity index (χ4v) is 3.82. The number of alkyl halides is 6. The number of halogens is 7. The summed E-state index contributed by atoms with van der Waals surface area (Å²) < 4.78 is 131.